The highest BCUT2D eigenvalue weighted by molar-refractivity contribution is 6.68. The lowest BCUT2D eigenvalue weighted by Crippen LogP contribution is -2.41. The molecule has 9 heavy (non-hydrogen) atoms. The van der Waals surface area contributed by atoms with Gasteiger partial charge < -0.3 is 10.8 Å². The van der Waals surface area contributed by atoms with Gasteiger partial charge in [0.05, 0.1) is 0 Å². The smallest absolute Gasteiger partial charge is 0.217 e. The molecule has 0 aliphatic rings. The van der Waals surface area contributed by atoms with Crippen molar-refractivity contribution in [2.75, 3.05) is 0 Å². The van der Waals surface area contributed by atoms with Crippen molar-refractivity contribution in [3.05, 3.63) is 0 Å². The molecular weight excluding hydrogens is 184 g/mol. The third kappa shape index (κ3) is 3.48. The Bertz CT molecular complexity index is 90.3. The predicted molar refractivity (Wildman–Crippen MR) is 39.9 cm³/mol. The molecule has 0 aromatic heterocycles. The molecule has 5 heteroatoms. The first-order chi connectivity index (χ1) is 3.85. The normalized spacial score (nSPS) is 19.3. The summed E-state index contributed by atoms with van der Waals surface area (Å²) in [5.74, 6) is 0. The summed E-state index contributed by atoms with van der Waals surface area (Å²) in [5.41, 5.74) is 5.22. The summed E-state index contributed by atoms with van der Waals surface area (Å²) < 4.78 is -1.67. The molecule has 3 N–H and O–H groups in total. The van der Waals surface area contributed by atoms with Crippen molar-refractivity contribution in [2.45, 2.75) is 22.9 Å². The molecular formula is C4H8Cl3NO. The Labute approximate surface area is 68.9 Å². The second kappa shape index (κ2) is 3.26. The maximum atomic E-state index is 8.94. The summed E-state index contributed by atoms with van der Waals surface area (Å²) in [6.45, 7) is 1.56. The summed E-state index contributed by atoms with van der Waals surface area (Å²) in [7, 11) is 0. The van der Waals surface area contributed by atoms with E-state index in [1.807, 2.05) is 0 Å². The molecule has 0 fully saturated rings. The van der Waals surface area contributed by atoms with E-state index < -0.39 is 15.9 Å². The fourth-order valence-corrected chi connectivity index (χ4v) is 0.894. The minimum Gasteiger partial charge on any atom is -0.387 e. The van der Waals surface area contributed by atoms with E-state index in [2.05, 4.69) is 0 Å². The van der Waals surface area contributed by atoms with Crippen LogP contribution in [0.2, 0.25) is 0 Å². The van der Waals surface area contributed by atoms with Crippen LogP contribution < -0.4 is 5.73 Å². The molecule has 0 aliphatic carbocycles. The Balaban J connectivity index is 3.88. The minimum absolute atomic E-state index is 0.530. The van der Waals surface area contributed by atoms with Crippen molar-refractivity contribution in [3.63, 3.8) is 0 Å². The molecule has 0 bridgehead atoms. The Morgan fingerprint density at radius 3 is 1.78 bits per heavy atom. The van der Waals surface area contributed by atoms with Crippen LogP contribution in [-0.2, 0) is 0 Å². The third-order valence-electron chi connectivity index (χ3n) is 0.833. The molecule has 0 amide bonds. The van der Waals surface area contributed by atoms with Gasteiger partial charge in [0.1, 0.15) is 6.10 Å². The number of hydrogen-bond acceptors (Lipinski definition) is 2. The standard InChI is InChI=1S/C4H8Cl3NO/c1-2(8)3(9)4(5,6)7/h2-3,9H,8H2,1H3. The zero-order valence-corrected chi connectivity index (χ0v) is 7.08. The highest BCUT2D eigenvalue weighted by Crippen LogP contribution is 2.31. The zero-order valence-electron chi connectivity index (χ0n) is 4.81. The number of aliphatic hydroxyl groups is 1. The van der Waals surface area contributed by atoms with Gasteiger partial charge >= 0.3 is 0 Å². The van der Waals surface area contributed by atoms with Gasteiger partial charge in [0.2, 0.25) is 3.79 Å². The molecule has 2 unspecified atom stereocenters. The maximum Gasteiger partial charge on any atom is 0.217 e. The largest absolute Gasteiger partial charge is 0.387 e. The van der Waals surface area contributed by atoms with Crippen molar-refractivity contribution in [1.29, 1.82) is 0 Å². The van der Waals surface area contributed by atoms with Gasteiger partial charge in [-0.25, -0.2) is 0 Å². The molecule has 0 spiro atoms. The van der Waals surface area contributed by atoms with E-state index in [0.717, 1.165) is 0 Å². The van der Waals surface area contributed by atoms with Crippen LogP contribution in [0.15, 0.2) is 0 Å². The lowest BCUT2D eigenvalue weighted by atomic mass is 10.2. The number of nitrogens with two attached hydrogens (primary N) is 1. The molecule has 0 radical (unpaired) electrons. The number of aliphatic hydroxyl groups excluding tert-OH is 1. The van der Waals surface area contributed by atoms with Crippen LogP contribution >= 0.6 is 34.8 Å². The maximum absolute atomic E-state index is 8.94. The van der Waals surface area contributed by atoms with Crippen LogP contribution in [0, 0.1) is 0 Å². The van der Waals surface area contributed by atoms with Gasteiger partial charge in [0.15, 0.2) is 0 Å². The van der Waals surface area contributed by atoms with E-state index in [-0.39, 0.29) is 0 Å². The van der Waals surface area contributed by atoms with Gasteiger partial charge in [-0.3, -0.25) is 0 Å². The first-order valence-corrected chi connectivity index (χ1v) is 3.49. The highest BCUT2D eigenvalue weighted by Gasteiger charge is 2.33. The van der Waals surface area contributed by atoms with E-state index in [1.54, 1.807) is 6.92 Å². The van der Waals surface area contributed by atoms with Crippen LogP contribution in [0.4, 0.5) is 0 Å². The van der Waals surface area contributed by atoms with Crippen LogP contribution in [0.1, 0.15) is 6.92 Å². The summed E-state index contributed by atoms with van der Waals surface area (Å²) in [6, 6.07) is -0.530. The fourth-order valence-electron chi connectivity index (χ4n) is 0.298. The fraction of sp³-hybridized carbons (Fsp3) is 1.00. The molecule has 0 heterocycles. The first-order valence-electron chi connectivity index (χ1n) is 2.36. The van der Waals surface area contributed by atoms with Crippen LogP contribution in [0.5, 0.6) is 0 Å². The topological polar surface area (TPSA) is 46.2 Å². The van der Waals surface area contributed by atoms with Gasteiger partial charge in [-0.15, -0.1) is 0 Å². The summed E-state index contributed by atoms with van der Waals surface area (Å²) >= 11 is 15.8. The van der Waals surface area contributed by atoms with E-state index in [4.69, 9.17) is 45.6 Å². The molecule has 0 aromatic rings. The molecule has 2 atom stereocenters. The SMILES string of the molecule is CC(N)C(O)C(Cl)(Cl)Cl. The quantitative estimate of drug-likeness (QED) is 0.611. The number of alkyl halides is 3. The Morgan fingerprint density at radius 1 is 1.44 bits per heavy atom. The monoisotopic (exact) mass is 191 g/mol. The van der Waals surface area contributed by atoms with Crippen molar-refractivity contribution in [2.24, 2.45) is 5.73 Å². The molecule has 2 nitrogen and oxygen atoms in total. The van der Waals surface area contributed by atoms with Crippen molar-refractivity contribution >= 4 is 34.8 Å². The zero-order chi connectivity index (χ0) is 7.65. The summed E-state index contributed by atoms with van der Waals surface area (Å²) in [5, 5.41) is 8.94. The lowest BCUT2D eigenvalue weighted by Gasteiger charge is -2.21. The van der Waals surface area contributed by atoms with Gasteiger partial charge in [0.25, 0.3) is 0 Å². The third-order valence-corrected chi connectivity index (χ3v) is 1.50. The highest BCUT2D eigenvalue weighted by atomic mass is 35.6. The summed E-state index contributed by atoms with van der Waals surface area (Å²) in [6.07, 6.45) is -1.11. The van der Waals surface area contributed by atoms with Crippen molar-refractivity contribution in [3.8, 4) is 0 Å². The Hall–Kier alpha value is 0.790. The second-order valence-corrected chi connectivity index (χ2v) is 4.21. The van der Waals surface area contributed by atoms with Crippen molar-refractivity contribution < 1.29 is 5.11 Å². The number of rotatable bonds is 1. The number of halogens is 3. The van der Waals surface area contributed by atoms with Crippen LogP contribution in [0.3, 0.4) is 0 Å². The molecule has 0 saturated heterocycles. The van der Waals surface area contributed by atoms with Gasteiger partial charge in [-0.05, 0) is 6.92 Å². The Morgan fingerprint density at radius 2 is 1.78 bits per heavy atom. The molecule has 0 aliphatic heterocycles. The molecule has 0 aromatic carbocycles. The average Bonchev–Trinajstić information content (AvgIpc) is 1.62. The van der Waals surface area contributed by atoms with Crippen LogP contribution in [0.25, 0.3) is 0 Å². The van der Waals surface area contributed by atoms with E-state index >= 15 is 0 Å². The van der Waals surface area contributed by atoms with Crippen molar-refractivity contribution in [1.82, 2.24) is 0 Å². The average molecular weight is 192 g/mol. The minimum atomic E-state index is -1.67. The first kappa shape index (κ1) is 9.79. The van der Waals surface area contributed by atoms with Gasteiger partial charge in [-0.1, -0.05) is 34.8 Å². The Kier molecular flexibility index (Phi) is 3.55. The van der Waals surface area contributed by atoms with Crippen LogP contribution in [-0.4, -0.2) is 21.0 Å². The van der Waals surface area contributed by atoms with Gasteiger partial charge in [0, 0.05) is 6.04 Å². The second-order valence-electron chi connectivity index (χ2n) is 1.85. The van der Waals surface area contributed by atoms with E-state index in [1.165, 1.54) is 0 Å². The van der Waals surface area contributed by atoms with E-state index in [9.17, 15) is 0 Å². The lowest BCUT2D eigenvalue weighted by molar-refractivity contribution is 0.155. The molecule has 0 rings (SSSR count). The number of hydrogen-bond donors (Lipinski definition) is 2. The molecule has 56 valence electrons. The molecule has 0 saturated carbocycles. The predicted octanol–water partition coefficient (Wildman–Crippen LogP) is 1.06. The van der Waals surface area contributed by atoms with Gasteiger partial charge in [-0.2, -0.15) is 0 Å². The van der Waals surface area contributed by atoms with E-state index in [0.29, 0.717) is 0 Å². The summed E-state index contributed by atoms with van der Waals surface area (Å²) in [4.78, 5) is 0.